The van der Waals surface area contributed by atoms with E-state index in [0.29, 0.717) is 0 Å². The quantitative estimate of drug-likeness (QED) is 0.465. The third-order valence-corrected chi connectivity index (χ3v) is 0.752. The third kappa shape index (κ3) is 2.09. The Labute approximate surface area is 55.8 Å². The van der Waals surface area contributed by atoms with Gasteiger partial charge in [-0.3, -0.25) is 0 Å². The van der Waals surface area contributed by atoms with Crippen molar-refractivity contribution in [1.29, 1.82) is 0 Å². The fraction of sp³-hybridized carbons (Fsp3) is 0. The Morgan fingerprint density at radius 1 is 1.22 bits per heavy atom. The first-order valence-corrected chi connectivity index (χ1v) is 2.47. The monoisotopic (exact) mass is 143 g/mol. The number of hydrogen-bond donors (Lipinski definition) is 0. The highest BCUT2D eigenvalue weighted by Gasteiger charge is 1.84. The van der Waals surface area contributed by atoms with Crippen molar-refractivity contribution in [3.63, 3.8) is 0 Å². The molecule has 0 fully saturated rings. The van der Waals surface area contributed by atoms with Crippen molar-refractivity contribution >= 4 is 17.8 Å². The van der Waals surface area contributed by atoms with Gasteiger partial charge >= 0.3 is 0 Å². The topological polar surface area (TPSA) is 61.8 Å². The van der Waals surface area contributed by atoms with Crippen LogP contribution < -0.4 is 0 Å². The van der Waals surface area contributed by atoms with E-state index in [1.54, 1.807) is 0 Å². The second-order valence-electron chi connectivity index (χ2n) is 1.12. The van der Waals surface area contributed by atoms with Crippen molar-refractivity contribution in [1.82, 2.24) is 0 Å². The predicted molar refractivity (Wildman–Crippen MR) is 32.1 cm³/mol. The molecule has 1 aliphatic heterocycles. The van der Waals surface area contributed by atoms with Gasteiger partial charge in [0.1, 0.15) is 0 Å². The van der Waals surface area contributed by atoms with Crippen molar-refractivity contribution in [2.45, 2.75) is 0 Å². The van der Waals surface area contributed by atoms with Crippen LogP contribution in [-0.2, 0) is 0 Å². The van der Waals surface area contributed by atoms with E-state index in [0.717, 1.165) is 0 Å². The number of rotatable bonds is 0. The smallest absolute Gasteiger partial charge is 0.137 e. The summed E-state index contributed by atoms with van der Waals surface area (Å²) < 4.78 is 0. The summed E-state index contributed by atoms with van der Waals surface area (Å²) in [5.74, 6) is 0. The molecule has 0 radical (unpaired) electrons. The molecule has 0 aromatic carbocycles. The summed E-state index contributed by atoms with van der Waals surface area (Å²) in [4.78, 5) is 0. The highest BCUT2D eigenvalue weighted by Crippen LogP contribution is 2.03. The molecule has 1 rings (SSSR count). The summed E-state index contributed by atoms with van der Waals surface area (Å²) in [6.45, 7) is 0. The lowest BCUT2D eigenvalue weighted by molar-refractivity contribution is 0.887. The first-order valence-electron chi connectivity index (χ1n) is 2.09. The molecule has 0 aromatic rings. The van der Waals surface area contributed by atoms with Crippen molar-refractivity contribution in [2.75, 3.05) is 0 Å². The number of nitrogens with zero attached hydrogens (tertiary/aromatic N) is 5. The number of allylic oxidation sites excluding steroid dienone is 1. The number of hydrogen-bond acceptors (Lipinski definition) is 5. The minimum atomic E-state index is 0.234. The summed E-state index contributed by atoms with van der Waals surface area (Å²) in [7, 11) is 0. The standard InChI is InChI=1S/C3H2ClN5/c4-3-1-2-5-7-9-8-6-3/h1-2H/b2-1?,3-1-,5-2-,6-3?,7-5?,8-6-,9-7-,9-8?. The molecule has 5 nitrogen and oxygen atoms in total. The van der Waals surface area contributed by atoms with Crippen LogP contribution in [0.15, 0.2) is 37.1 Å². The molecule has 0 bridgehead atoms. The van der Waals surface area contributed by atoms with Crippen LogP contribution in [0.2, 0.25) is 0 Å². The predicted octanol–water partition coefficient (Wildman–Crippen LogP) is 1.89. The second-order valence-corrected chi connectivity index (χ2v) is 1.51. The highest BCUT2D eigenvalue weighted by atomic mass is 35.5. The van der Waals surface area contributed by atoms with Gasteiger partial charge in [-0.25, -0.2) is 0 Å². The maximum Gasteiger partial charge on any atom is 0.155 e. The van der Waals surface area contributed by atoms with Crippen molar-refractivity contribution < 1.29 is 0 Å². The Bertz CT molecular complexity index is 202. The molecule has 0 saturated heterocycles. The Hall–Kier alpha value is -1.10. The molecule has 0 aromatic heterocycles. The SMILES string of the molecule is ClC1=C/C=N\N=N/N=N\1. The second kappa shape index (κ2) is 3.03. The minimum Gasteiger partial charge on any atom is -0.137 e. The van der Waals surface area contributed by atoms with E-state index in [-0.39, 0.29) is 5.16 Å². The molecule has 0 aliphatic carbocycles. The molecule has 0 spiro atoms. The molecule has 6 heteroatoms. The molecular weight excluding hydrogens is 142 g/mol. The lowest BCUT2D eigenvalue weighted by atomic mass is 10.7. The zero-order valence-corrected chi connectivity index (χ0v) is 5.02. The van der Waals surface area contributed by atoms with Crippen LogP contribution in [0.1, 0.15) is 0 Å². The lowest BCUT2D eigenvalue weighted by Crippen LogP contribution is -1.68. The summed E-state index contributed by atoms with van der Waals surface area (Å²) in [6.07, 6.45) is 2.84. The molecule has 0 saturated carbocycles. The summed E-state index contributed by atoms with van der Waals surface area (Å²) in [6, 6.07) is 0. The van der Waals surface area contributed by atoms with Gasteiger partial charge in [-0.1, -0.05) is 11.6 Å². The van der Waals surface area contributed by atoms with Gasteiger partial charge < -0.3 is 0 Å². The summed E-state index contributed by atoms with van der Waals surface area (Å²) >= 11 is 5.40. The van der Waals surface area contributed by atoms with Crippen LogP contribution >= 0.6 is 11.6 Å². The molecule has 9 heavy (non-hydrogen) atoms. The summed E-state index contributed by atoms with van der Waals surface area (Å²) in [5, 5.41) is 16.5. The molecule has 0 N–H and O–H groups in total. The van der Waals surface area contributed by atoms with Crippen molar-refractivity contribution in [3.8, 4) is 0 Å². The lowest BCUT2D eigenvalue weighted by Gasteiger charge is -1.81. The Morgan fingerprint density at radius 2 is 2.11 bits per heavy atom. The number of halogens is 1. The van der Waals surface area contributed by atoms with E-state index >= 15 is 0 Å². The molecule has 46 valence electrons. The van der Waals surface area contributed by atoms with Gasteiger partial charge in [-0.2, -0.15) is 0 Å². The summed E-state index contributed by atoms with van der Waals surface area (Å²) in [5.41, 5.74) is 0. The van der Waals surface area contributed by atoms with Crippen LogP contribution in [0.4, 0.5) is 0 Å². The molecule has 1 heterocycles. The van der Waals surface area contributed by atoms with Gasteiger partial charge in [-0.05, 0) is 21.7 Å². The molecular formula is C3H2ClN5. The Kier molecular flexibility index (Phi) is 2.03. The van der Waals surface area contributed by atoms with E-state index in [2.05, 4.69) is 25.9 Å². The van der Waals surface area contributed by atoms with Gasteiger partial charge in [0.25, 0.3) is 0 Å². The average molecular weight is 144 g/mol. The molecule has 1 aliphatic rings. The largest absolute Gasteiger partial charge is 0.155 e. The van der Waals surface area contributed by atoms with E-state index in [1.807, 2.05) is 0 Å². The molecule has 0 unspecified atom stereocenters. The van der Waals surface area contributed by atoms with Crippen LogP contribution in [0, 0.1) is 0 Å². The van der Waals surface area contributed by atoms with Gasteiger partial charge in [0.05, 0.1) is 6.21 Å². The average Bonchev–Trinajstić information content (AvgIpc) is 1.79. The van der Waals surface area contributed by atoms with Gasteiger partial charge in [-0.15, -0.1) is 10.2 Å². The fourth-order valence-electron chi connectivity index (χ4n) is 0.262. The minimum absolute atomic E-state index is 0.234. The van der Waals surface area contributed by atoms with E-state index < -0.39 is 0 Å². The van der Waals surface area contributed by atoms with Crippen LogP contribution in [0.3, 0.4) is 0 Å². The third-order valence-electron chi connectivity index (χ3n) is 0.551. The van der Waals surface area contributed by atoms with Crippen molar-refractivity contribution in [3.05, 3.63) is 11.2 Å². The first kappa shape index (κ1) is 6.03. The fourth-order valence-corrected chi connectivity index (χ4v) is 0.352. The molecule has 0 amide bonds. The van der Waals surface area contributed by atoms with Crippen LogP contribution in [0.5, 0.6) is 0 Å². The van der Waals surface area contributed by atoms with Gasteiger partial charge in [0.2, 0.25) is 0 Å². The highest BCUT2D eigenvalue weighted by molar-refractivity contribution is 6.30. The Morgan fingerprint density at radius 3 is 3.00 bits per heavy atom. The van der Waals surface area contributed by atoms with E-state index in [4.69, 9.17) is 11.6 Å². The van der Waals surface area contributed by atoms with Crippen molar-refractivity contribution in [2.24, 2.45) is 25.9 Å². The maximum absolute atomic E-state index is 5.40. The normalized spacial score (nSPS) is 33.2. The molecule has 0 atom stereocenters. The van der Waals surface area contributed by atoms with Gasteiger partial charge in [0, 0.05) is 0 Å². The van der Waals surface area contributed by atoms with E-state index in [9.17, 15) is 0 Å². The van der Waals surface area contributed by atoms with Gasteiger partial charge in [0.15, 0.2) is 5.16 Å². The first-order chi connectivity index (χ1) is 4.39. The zero-order chi connectivity index (χ0) is 6.53. The van der Waals surface area contributed by atoms with E-state index in [1.165, 1.54) is 12.3 Å². The zero-order valence-electron chi connectivity index (χ0n) is 4.27. The Balaban J connectivity index is 2.77. The van der Waals surface area contributed by atoms with Crippen LogP contribution in [0.25, 0.3) is 0 Å². The maximum atomic E-state index is 5.40. The van der Waals surface area contributed by atoms with Crippen LogP contribution in [-0.4, -0.2) is 6.21 Å².